The zero-order valence-corrected chi connectivity index (χ0v) is 10.3. The van der Waals surface area contributed by atoms with Crippen LogP contribution in [0.4, 0.5) is 0 Å². The van der Waals surface area contributed by atoms with Crippen LogP contribution in [0.1, 0.15) is 23.3 Å². The van der Waals surface area contributed by atoms with Crippen LogP contribution in [0.5, 0.6) is 0 Å². The summed E-state index contributed by atoms with van der Waals surface area (Å²) in [6.45, 7) is 1.16. The number of hydrogen-bond donors (Lipinski definition) is 2. The number of nitrogens with zero attached hydrogens (tertiary/aromatic N) is 4. The van der Waals surface area contributed by atoms with Gasteiger partial charge in [0.2, 0.25) is 0 Å². The molecular formula is C11H17N5O2. The number of hydrogen-bond acceptors (Lipinski definition) is 4. The zero-order valence-electron chi connectivity index (χ0n) is 10.3. The number of oxime groups is 1. The van der Waals surface area contributed by atoms with E-state index in [0.29, 0.717) is 18.8 Å². The van der Waals surface area contributed by atoms with Gasteiger partial charge in [0.1, 0.15) is 11.5 Å². The quantitative estimate of drug-likeness (QED) is 0.335. The van der Waals surface area contributed by atoms with Gasteiger partial charge >= 0.3 is 0 Å². The van der Waals surface area contributed by atoms with E-state index in [-0.39, 0.29) is 17.7 Å². The summed E-state index contributed by atoms with van der Waals surface area (Å²) in [7, 11) is 1.82. The minimum atomic E-state index is -0.106. The smallest absolute Gasteiger partial charge is 0.274 e. The summed E-state index contributed by atoms with van der Waals surface area (Å²) in [6, 6.07) is 0. The molecule has 1 atom stereocenters. The Hall–Kier alpha value is -2.05. The molecule has 1 aliphatic heterocycles. The second kappa shape index (κ2) is 5.07. The van der Waals surface area contributed by atoms with Crippen molar-refractivity contribution in [3.63, 3.8) is 0 Å². The van der Waals surface area contributed by atoms with E-state index in [1.54, 1.807) is 22.0 Å². The first-order chi connectivity index (χ1) is 8.61. The van der Waals surface area contributed by atoms with Crippen LogP contribution in [0.25, 0.3) is 0 Å². The highest BCUT2D eigenvalue weighted by Crippen LogP contribution is 2.18. The van der Waals surface area contributed by atoms with Crippen molar-refractivity contribution in [2.24, 2.45) is 23.9 Å². The Labute approximate surface area is 105 Å². The van der Waals surface area contributed by atoms with Gasteiger partial charge < -0.3 is 20.4 Å². The van der Waals surface area contributed by atoms with Gasteiger partial charge in [-0.1, -0.05) is 5.16 Å². The first kappa shape index (κ1) is 12.4. The molecule has 1 saturated heterocycles. The lowest BCUT2D eigenvalue weighted by Gasteiger charge is -2.31. The molecule has 0 saturated carbocycles. The number of amides is 1. The zero-order chi connectivity index (χ0) is 13.1. The van der Waals surface area contributed by atoms with Crippen molar-refractivity contribution in [1.82, 2.24) is 14.5 Å². The molecule has 2 rings (SSSR count). The normalized spacial score (nSPS) is 21.1. The van der Waals surface area contributed by atoms with E-state index in [9.17, 15) is 4.79 Å². The molecule has 1 aliphatic rings. The maximum Gasteiger partial charge on any atom is 0.274 e. The molecule has 1 aromatic rings. The average Bonchev–Trinajstić information content (AvgIpc) is 2.83. The third-order valence-electron chi connectivity index (χ3n) is 3.17. The standard InChI is InChI=1S/C11H17N5O2/c1-15-6-9(13-7-15)11(17)16-4-2-3-8(5-16)10(12)14-18/h6-8,18H,2-5H2,1H3,(H2,12,14). The Kier molecular flexibility index (Phi) is 3.50. The summed E-state index contributed by atoms with van der Waals surface area (Å²) in [5, 5.41) is 11.7. The van der Waals surface area contributed by atoms with Gasteiger partial charge in [-0.25, -0.2) is 4.98 Å². The van der Waals surface area contributed by atoms with E-state index >= 15 is 0 Å². The maximum atomic E-state index is 12.2. The van der Waals surface area contributed by atoms with Crippen molar-refractivity contribution in [1.29, 1.82) is 0 Å². The number of imidazole rings is 1. The van der Waals surface area contributed by atoms with Crippen LogP contribution in [0.2, 0.25) is 0 Å². The number of likely N-dealkylation sites (tertiary alicyclic amines) is 1. The van der Waals surface area contributed by atoms with E-state index in [1.165, 1.54) is 0 Å². The fourth-order valence-electron chi connectivity index (χ4n) is 2.17. The lowest BCUT2D eigenvalue weighted by atomic mass is 9.97. The van der Waals surface area contributed by atoms with Crippen molar-refractivity contribution in [3.05, 3.63) is 18.2 Å². The summed E-state index contributed by atoms with van der Waals surface area (Å²) in [5.74, 6) is 0.0102. The molecular weight excluding hydrogens is 234 g/mol. The Bertz CT molecular complexity index is 468. The predicted octanol–water partition coefficient (Wildman–Crippen LogP) is 0.0187. The number of rotatable bonds is 2. The van der Waals surface area contributed by atoms with Gasteiger partial charge in [0.15, 0.2) is 0 Å². The molecule has 3 N–H and O–H groups in total. The van der Waals surface area contributed by atoms with Crippen molar-refractivity contribution in [2.75, 3.05) is 13.1 Å². The minimum Gasteiger partial charge on any atom is -0.409 e. The molecule has 18 heavy (non-hydrogen) atoms. The topological polar surface area (TPSA) is 96.7 Å². The van der Waals surface area contributed by atoms with Gasteiger partial charge in [-0.3, -0.25) is 4.79 Å². The minimum absolute atomic E-state index is 0.0728. The van der Waals surface area contributed by atoms with Crippen molar-refractivity contribution in [2.45, 2.75) is 12.8 Å². The molecule has 7 nitrogen and oxygen atoms in total. The van der Waals surface area contributed by atoms with Gasteiger partial charge in [-0.15, -0.1) is 0 Å². The molecule has 1 amide bonds. The van der Waals surface area contributed by atoms with Crippen LogP contribution in [-0.4, -0.2) is 44.5 Å². The van der Waals surface area contributed by atoms with E-state index in [1.807, 2.05) is 7.05 Å². The highest BCUT2D eigenvalue weighted by Gasteiger charge is 2.27. The van der Waals surface area contributed by atoms with E-state index in [2.05, 4.69) is 10.1 Å². The predicted molar refractivity (Wildman–Crippen MR) is 65.2 cm³/mol. The second-order valence-corrected chi connectivity index (χ2v) is 4.54. The van der Waals surface area contributed by atoms with Crippen molar-refractivity contribution < 1.29 is 10.0 Å². The van der Waals surface area contributed by atoms with Crippen LogP contribution < -0.4 is 5.73 Å². The third kappa shape index (κ3) is 2.44. The van der Waals surface area contributed by atoms with E-state index in [0.717, 1.165) is 12.8 Å². The summed E-state index contributed by atoms with van der Waals surface area (Å²) in [5.41, 5.74) is 6.02. The molecule has 1 fully saturated rings. The summed E-state index contributed by atoms with van der Waals surface area (Å²) in [4.78, 5) is 17.9. The lowest BCUT2D eigenvalue weighted by molar-refractivity contribution is 0.0696. The lowest BCUT2D eigenvalue weighted by Crippen LogP contribution is -2.44. The monoisotopic (exact) mass is 251 g/mol. The van der Waals surface area contributed by atoms with Gasteiger partial charge in [-0.05, 0) is 12.8 Å². The number of nitrogens with two attached hydrogens (primary N) is 1. The fourth-order valence-corrected chi connectivity index (χ4v) is 2.17. The van der Waals surface area contributed by atoms with Gasteiger partial charge in [0.05, 0.1) is 6.33 Å². The first-order valence-corrected chi connectivity index (χ1v) is 5.86. The number of aromatic nitrogens is 2. The molecule has 0 spiro atoms. The highest BCUT2D eigenvalue weighted by molar-refractivity contribution is 5.93. The molecule has 7 heteroatoms. The Morgan fingerprint density at radius 2 is 2.44 bits per heavy atom. The molecule has 0 aliphatic carbocycles. The maximum absolute atomic E-state index is 12.2. The van der Waals surface area contributed by atoms with Crippen molar-refractivity contribution >= 4 is 11.7 Å². The molecule has 1 unspecified atom stereocenters. The second-order valence-electron chi connectivity index (χ2n) is 4.54. The molecule has 98 valence electrons. The molecule has 0 radical (unpaired) electrons. The fraction of sp³-hybridized carbons (Fsp3) is 0.545. The Balaban J connectivity index is 2.07. The number of carbonyl (C=O) groups excluding carboxylic acids is 1. The average molecular weight is 251 g/mol. The summed E-state index contributed by atoms with van der Waals surface area (Å²) < 4.78 is 1.73. The van der Waals surface area contributed by atoms with E-state index < -0.39 is 0 Å². The van der Waals surface area contributed by atoms with Crippen LogP contribution in [0.15, 0.2) is 17.7 Å². The van der Waals surface area contributed by atoms with Gasteiger partial charge in [0, 0.05) is 32.3 Å². The van der Waals surface area contributed by atoms with Crippen molar-refractivity contribution in [3.8, 4) is 0 Å². The van der Waals surface area contributed by atoms with Crippen LogP contribution in [0, 0.1) is 5.92 Å². The number of aryl methyl sites for hydroxylation is 1. The van der Waals surface area contributed by atoms with Crippen LogP contribution in [0.3, 0.4) is 0 Å². The number of amidine groups is 1. The number of carbonyl (C=O) groups is 1. The largest absolute Gasteiger partial charge is 0.409 e. The van der Waals surface area contributed by atoms with Gasteiger partial charge in [0.25, 0.3) is 5.91 Å². The highest BCUT2D eigenvalue weighted by atomic mass is 16.4. The molecule has 1 aromatic heterocycles. The molecule has 2 heterocycles. The first-order valence-electron chi connectivity index (χ1n) is 5.86. The summed E-state index contributed by atoms with van der Waals surface area (Å²) in [6.07, 6.45) is 4.97. The van der Waals surface area contributed by atoms with Crippen LogP contribution in [-0.2, 0) is 7.05 Å². The van der Waals surface area contributed by atoms with Crippen LogP contribution >= 0.6 is 0 Å². The van der Waals surface area contributed by atoms with Gasteiger partial charge in [-0.2, -0.15) is 0 Å². The summed E-state index contributed by atoms with van der Waals surface area (Å²) >= 11 is 0. The third-order valence-corrected chi connectivity index (χ3v) is 3.17. The van der Waals surface area contributed by atoms with E-state index in [4.69, 9.17) is 10.9 Å². The molecule has 0 bridgehead atoms. The Morgan fingerprint density at radius 3 is 3.06 bits per heavy atom. The number of piperidine rings is 1. The molecule has 0 aromatic carbocycles. The Morgan fingerprint density at radius 1 is 1.67 bits per heavy atom. The SMILES string of the molecule is Cn1cnc(C(=O)N2CCCC(C(N)=NO)C2)c1.